The highest BCUT2D eigenvalue weighted by Crippen LogP contribution is 2.29. The van der Waals surface area contributed by atoms with Crippen LogP contribution < -0.4 is 5.32 Å². The Morgan fingerprint density at radius 3 is 2.80 bits per heavy atom. The van der Waals surface area contributed by atoms with Gasteiger partial charge in [0, 0.05) is 10.9 Å². The fourth-order valence-corrected chi connectivity index (χ4v) is 3.07. The normalized spacial score (nSPS) is 10.9. The van der Waals surface area contributed by atoms with E-state index < -0.39 is 5.97 Å². The van der Waals surface area contributed by atoms with Crippen LogP contribution in [0, 0.1) is 0 Å². The van der Waals surface area contributed by atoms with E-state index in [1.807, 2.05) is 5.38 Å². The van der Waals surface area contributed by atoms with E-state index in [1.165, 1.54) is 17.4 Å². The maximum atomic E-state index is 12.2. The van der Waals surface area contributed by atoms with E-state index in [0.717, 1.165) is 5.52 Å². The topological polar surface area (TPSA) is 108 Å². The summed E-state index contributed by atoms with van der Waals surface area (Å²) in [5.74, 6) is -0.663. The number of carboxylic acid groups (broad SMARTS) is 1. The number of carbonyl (C=O) groups is 2. The lowest BCUT2D eigenvalue weighted by Gasteiger charge is -2.01. The van der Waals surface area contributed by atoms with Crippen LogP contribution in [0.15, 0.2) is 52.3 Å². The Bertz CT molecular complexity index is 1080. The Balaban J connectivity index is 1.69. The number of nitrogens with one attached hydrogen (secondary N) is 2. The lowest BCUT2D eigenvalue weighted by atomic mass is 10.1. The van der Waals surface area contributed by atoms with E-state index in [2.05, 4.69) is 15.5 Å². The number of carboxylic acids is 1. The molecule has 3 heterocycles. The zero-order chi connectivity index (χ0) is 17.4. The number of carbonyl (C=O) groups excluding carboxylic acids is 1. The van der Waals surface area contributed by atoms with E-state index in [4.69, 9.17) is 9.52 Å². The summed E-state index contributed by atoms with van der Waals surface area (Å²) in [4.78, 5) is 23.7. The van der Waals surface area contributed by atoms with Crippen molar-refractivity contribution in [2.45, 2.75) is 0 Å². The predicted molar refractivity (Wildman–Crippen MR) is 93.0 cm³/mol. The van der Waals surface area contributed by atoms with Gasteiger partial charge in [0.25, 0.3) is 5.91 Å². The van der Waals surface area contributed by atoms with E-state index in [0.29, 0.717) is 27.4 Å². The van der Waals surface area contributed by atoms with Gasteiger partial charge in [-0.1, -0.05) is 6.07 Å². The van der Waals surface area contributed by atoms with Gasteiger partial charge in [-0.05, 0) is 41.8 Å². The van der Waals surface area contributed by atoms with Crippen LogP contribution in [-0.4, -0.2) is 27.2 Å². The second kappa shape index (κ2) is 5.91. The van der Waals surface area contributed by atoms with Crippen molar-refractivity contribution in [2.24, 2.45) is 0 Å². The lowest BCUT2D eigenvalue weighted by Crippen LogP contribution is -2.10. The number of furan rings is 1. The van der Waals surface area contributed by atoms with Gasteiger partial charge in [-0.3, -0.25) is 9.89 Å². The molecule has 0 unspecified atom stereocenters. The average Bonchev–Trinajstić information content (AvgIpc) is 3.35. The van der Waals surface area contributed by atoms with Gasteiger partial charge in [-0.2, -0.15) is 5.10 Å². The molecule has 0 aliphatic heterocycles. The highest BCUT2D eigenvalue weighted by molar-refractivity contribution is 7.12. The summed E-state index contributed by atoms with van der Waals surface area (Å²) in [7, 11) is 0. The number of aromatic carboxylic acids is 1. The minimum atomic E-state index is -1.13. The van der Waals surface area contributed by atoms with Gasteiger partial charge in [-0.15, -0.1) is 11.3 Å². The SMILES string of the molecule is O=C(O)c1ccc(-c2ccc3[nH]nc(NC(=O)c4cccs4)c3c2)o1. The zero-order valence-electron chi connectivity index (χ0n) is 12.6. The number of thiophene rings is 1. The maximum Gasteiger partial charge on any atom is 0.371 e. The van der Waals surface area contributed by atoms with Gasteiger partial charge in [0.05, 0.1) is 10.4 Å². The summed E-state index contributed by atoms with van der Waals surface area (Å²) in [6, 6.07) is 11.9. The Labute approximate surface area is 144 Å². The molecule has 124 valence electrons. The number of amides is 1. The van der Waals surface area contributed by atoms with E-state index in [1.54, 1.807) is 36.4 Å². The second-order valence-corrected chi connectivity index (χ2v) is 6.18. The summed E-state index contributed by atoms with van der Waals surface area (Å²) in [5, 5.41) is 21.3. The Hall–Kier alpha value is -3.39. The molecule has 0 saturated heterocycles. The fourth-order valence-electron chi connectivity index (χ4n) is 2.45. The molecule has 0 saturated carbocycles. The van der Waals surface area contributed by atoms with Gasteiger partial charge in [0.2, 0.25) is 5.76 Å². The third-order valence-electron chi connectivity index (χ3n) is 3.64. The van der Waals surface area contributed by atoms with Gasteiger partial charge >= 0.3 is 5.97 Å². The molecule has 0 radical (unpaired) electrons. The van der Waals surface area contributed by atoms with Crippen LogP contribution >= 0.6 is 11.3 Å². The number of hydrogen-bond donors (Lipinski definition) is 3. The molecule has 3 N–H and O–H groups in total. The van der Waals surface area contributed by atoms with E-state index in [9.17, 15) is 9.59 Å². The smallest absolute Gasteiger partial charge is 0.371 e. The van der Waals surface area contributed by atoms with Crippen molar-refractivity contribution < 1.29 is 19.1 Å². The molecule has 25 heavy (non-hydrogen) atoms. The summed E-state index contributed by atoms with van der Waals surface area (Å²) in [6.45, 7) is 0. The Morgan fingerprint density at radius 1 is 1.20 bits per heavy atom. The third kappa shape index (κ3) is 2.79. The molecule has 0 spiro atoms. The number of fused-ring (bicyclic) bond motifs is 1. The van der Waals surface area contributed by atoms with Crippen molar-refractivity contribution in [1.29, 1.82) is 0 Å². The molecular formula is C17H11N3O4S. The van der Waals surface area contributed by atoms with Crippen LogP contribution in [0.5, 0.6) is 0 Å². The van der Waals surface area contributed by atoms with Crippen LogP contribution in [0.3, 0.4) is 0 Å². The van der Waals surface area contributed by atoms with Crippen molar-refractivity contribution >= 4 is 39.9 Å². The minimum Gasteiger partial charge on any atom is -0.475 e. The van der Waals surface area contributed by atoms with Crippen LogP contribution in [-0.2, 0) is 0 Å². The Morgan fingerprint density at radius 2 is 2.08 bits per heavy atom. The molecule has 4 aromatic rings. The van der Waals surface area contributed by atoms with Crippen LogP contribution in [0.25, 0.3) is 22.2 Å². The highest BCUT2D eigenvalue weighted by atomic mass is 32.1. The monoisotopic (exact) mass is 353 g/mol. The quantitative estimate of drug-likeness (QED) is 0.517. The fraction of sp³-hybridized carbons (Fsp3) is 0. The molecule has 0 aliphatic carbocycles. The zero-order valence-corrected chi connectivity index (χ0v) is 13.5. The first kappa shape index (κ1) is 15.2. The number of nitrogens with zero attached hydrogens (tertiary/aromatic N) is 1. The first-order valence-corrected chi connectivity index (χ1v) is 8.16. The summed E-state index contributed by atoms with van der Waals surface area (Å²) in [5.41, 5.74) is 1.43. The molecule has 1 amide bonds. The molecular weight excluding hydrogens is 342 g/mol. The number of H-pyrrole nitrogens is 1. The number of benzene rings is 1. The molecule has 0 fully saturated rings. The molecule has 3 aromatic heterocycles. The standard InChI is InChI=1S/C17H11N3O4S/c21-16(14-2-1-7-25-14)18-15-10-8-9(3-4-11(10)19-20-15)12-5-6-13(24-12)17(22)23/h1-8H,(H,22,23)(H2,18,19,20,21). The number of rotatable bonds is 4. The molecule has 0 atom stereocenters. The van der Waals surface area contributed by atoms with Crippen LogP contribution in [0.4, 0.5) is 5.82 Å². The number of anilines is 1. The van der Waals surface area contributed by atoms with Gasteiger partial charge in [0.15, 0.2) is 5.82 Å². The van der Waals surface area contributed by atoms with Crippen molar-refractivity contribution in [1.82, 2.24) is 10.2 Å². The number of hydrogen-bond acceptors (Lipinski definition) is 5. The number of aromatic nitrogens is 2. The summed E-state index contributed by atoms with van der Waals surface area (Å²) in [6.07, 6.45) is 0. The van der Waals surface area contributed by atoms with Crippen LogP contribution in [0.1, 0.15) is 20.2 Å². The molecule has 8 heteroatoms. The summed E-state index contributed by atoms with van der Waals surface area (Å²) >= 11 is 1.34. The molecule has 1 aromatic carbocycles. The van der Waals surface area contributed by atoms with Crippen molar-refractivity contribution in [3.8, 4) is 11.3 Å². The van der Waals surface area contributed by atoms with E-state index >= 15 is 0 Å². The van der Waals surface area contributed by atoms with Gasteiger partial charge < -0.3 is 14.8 Å². The maximum absolute atomic E-state index is 12.2. The molecule has 0 aliphatic rings. The average molecular weight is 353 g/mol. The molecule has 4 rings (SSSR count). The molecule has 0 bridgehead atoms. The van der Waals surface area contributed by atoms with E-state index in [-0.39, 0.29) is 11.7 Å². The summed E-state index contributed by atoms with van der Waals surface area (Å²) < 4.78 is 5.32. The highest BCUT2D eigenvalue weighted by Gasteiger charge is 2.15. The third-order valence-corrected chi connectivity index (χ3v) is 4.51. The number of aromatic amines is 1. The van der Waals surface area contributed by atoms with Crippen molar-refractivity contribution in [2.75, 3.05) is 5.32 Å². The Kier molecular flexibility index (Phi) is 3.58. The van der Waals surface area contributed by atoms with Crippen molar-refractivity contribution in [3.05, 3.63) is 58.5 Å². The van der Waals surface area contributed by atoms with Gasteiger partial charge in [0.1, 0.15) is 5.76 Å². The first-order chi connectivity index (χ1) is 12.1. The molecule has 7 nitrogen and oxygen atoms in total. The predicted octanol–water partition coefficient (Wildman–Crippen LogP) is 3.83. The van der Waals surface area contributed by atoms with Crippen molar-refractivity contribution in [3.63, 3.8) is 0 Å². The second-order valence-electron chi connectivity index (χ2n) is 5.23. The largest absolute Gasteiger partial charge is 0.475 e. The van der Waals surface area contributed by atoms with Gasteiger partial charge in [-0.25, -0.2) is 4.79 Å². The van der Waals surface area contributed by atoms with Crippen LogP contribution in [0.2, 0.25) is 0 Å². The first-order valence-electron chi connectivity index (χ1n) is 7.28. The minimum absolute atomic E-state index is 0.131. The lowest BCUT2D eigenvalue weighted by molar-refractivity contribution is 0.0663.